The fourth-order valence-electron chi connectivity index (χ4n) is 4.45. The standard InChI is InChI=1S/C24H26N6O3/c1-15-16(2)30-20-21(25-23(30)29(26-15)12-13-33-4)27(3)24(32)28(22(20)31)14-18-10-7-9-17-8-5-6-11-19(17)18/h5-11,16H,12-14H2,1-4H3/t16-/m1/s1. The Bertz CT molecular complexity index is 1520. The van der Waals surface area contributed by atoms with Crippen LogP contribution in [0.4, 0.5) is 5.95 Å². The van der Waals surface area contributed by atoms with Gasteiger partial charge in [-0.1, -0.05) is 42.5 Å². The normalized spacial score (nSPS) is 15.8. The third-order valence-electron chi connectivity index (χ3n) is 6.37. The van der Waals surface area contributed by atoms with E-state index in [2.05, 4.69) is 10.1 Å². The van der Waals surface area contributed by atoms with Gasteiger partial charge in [0, 0.05) is 14.2 Å². The summed E-state index contributed by atoms with van der Waals surface area (Å²) in [5.74, 6) is 0.537. The number of ether oxygens (including phenoxy) is 1. The van der Waals surface area contributed by atoms with Crippen LogP contribution in [0, 0.1) is 0 Å². The summed E-state index contributed by atoms with van der Waals surface area (Å²) in [7, 11) is 3.28. The first-order valence-electron chi connectivity index (χ1n) is 10.9. The summed E-state index contributed by atoms with van der Waals surface area (Å²) in [5.41, 5.74) is 1.77. The first-order chi connectivity index (χ1) is 15.9. The topological polar surface area (TPSA) is 86.7 Å². The van der Waals surface area contributed by atoms with Gasteiger partial charge in [-0.3, -0.25) is 18.5 Å². The Labute approximate surface area is 190 Å². The highest BCUT2D eigenvalue weighted by molar-refractivity contribution is 5.91. The molecule has 1 aliphatic rings. The highest BCUT2D eigenvalue weighted by Crippen LogP contribution is 2.29. The highest BCUT2D eigenvalue weighted by Gasteiger charge is 2.30. The number of nitrogens with zero attached hydrogens (tertiary/aromatic N) is 6. The lowest BCUT2D eigenvalue weighted by Gasteiger charge is -2.29. The molecule has 1 aliphatic heterocycles. The van der Waals surface area contributed by atoms with Crippen molar-refractivity contribution in [1.82, 2.24) is 18.7 Å². The highest BCUT2D eigenvalue weighted by atomic mass is 16.5. The van der Waals surface area contributed by atoms with E-state index in [0.717, 1.165) is 22.0 Å². The van der Waals surface area contributed by atoms with Crippen molar-refractivity contribution >= 4 is 33.6 Å². The van der Waals surface area contributed by atoms with Gasteiger partial charge in [-0.05, 0) is 30.2 Å². The minimum atomic E-state index is -0.399. The van der Waals surface area contributed by atoms with Gasteiger partial charge in [0.15, 0.2) is 11.2 Å². The molecule has 9 nitrogen and oxygen atoms in total. The van der Waals surface area contributed by atoms with Crippen LogP contribution in [-0.4, -0.2) is 44.7 Å². The molecule has 33 heavy (non-hydrogen) atoms. The van der Waals surface area contributed by atoms with Crippen molar-refractivity contribution in [2.45, 2.75) is 26.4 Å². The van der Waals surface area contributed by atoms with E-state index in [9.17, 15) is 9.59 Å². The molecule has 5 rings (SSSR count). The number of hydrazone groups is 1. The second-order valence-electron chi connectivity index (χ2n) is 8.36. The number of methoxy groups -OCH3 is 1. The molecule has 2 aromatic carbocycles. The zero-order valence-corrected chi connectivity index (χ0v) is 19.1. The summed E-state index contributed by atoms with van der Waals surface area (Å²) in [6.07, 6.45) is 0. The molecule has 9 heteroatoms. The molecule has 4 aromatic rings. The van der Waals surface area contributed by atoms with Crippen molar-refractivity contribution in [2.75, 3.05) is 25.3 Å². The van der Waals surface area contributed by atoms with Crippen LogP contribution in [0.2, 0.25) is 0 Å². The van der Waals surface area contributed by atoms with Gasteiger partial charge in [0.05, 0.1) is 31.4 Å². The zero-order valence-electron chi connectivity index (χ0n) is 19.1. The van der Waals surface area contributed by atoms with Crippen molar-refractivity contribution in [3.8, 4) is 0 Å². The van der Waals surface area contributed by atoms with E-state index >= 15 is 0 Å². The fourth-order valence-corrected chi connectivity index (χ4v) is 4.45. The van der Waals surface area contributed by atoms with Crippen molar-refractivity contribution < 1.29 is 4.74 Å². The predicted octanol–water partition coefficient (Wildman–Crippen LogP) is 2.50. The van der Waals surface area contributed by atoms with Gasteiger partial charge < -0.3 is 4.74 Å². The summed E-state index contributed by atoms with van der Waals surface area (Å²) in [4.78, 5) is 31.7. The van der Waals surface area contributed by atoms with Crippen LogP contribution in [-0.2, 0) is 18.3 Å². The van der Waals surface area contributed by atoms with E-state index in [1.165, 1.54) is 9.13 Å². The van der Waals surface area contributed by atoms with E-state index in [1.807, 2.05) is 60.9 Å². The van der Waals surface area contributed by atoms with E-state index in [4.69, 9.17) is 4.74 Å². The van der Waals surface area contributed by atoms with E-state index in [0.29, 0.717) is 30.3 Å². The summed E-state index contributed by atoms with van der Waals surface area (Å²) >= 11 is 0. The molecule has 0 bridgehead atoms. The molecule has 3 heterocycles. The van der Waals surface area contributed by atoms with Gasteiger partial charge in [-0.15, -0.1) is 0 Å². The molecule has 0 unspecified atom stereocenters. The Morgan fingerprint density at radius 2 is 1.85 bits per heavy atom. The number of fused-ring (bicyclic) bond motifs is 4. The van der Waals surface area contributed by atoms with Gasteiger partial charge in [0.2, 0.25) is 5.95 Å². The maximum Gasteiger partial charge on any atom is 0.332 e. The van der Waals surface area contributed by atoms with Gasteiger partial charge in [-0.25, -0.2) is 9.80 Å². The summed E-state index contributed by atoms with van der Waals surface area (Å²) in [5, 5.41) is 8.45. The summed E-state index contributed by atoms with van der Waals surface area (Å²) < 4.78 is 9.84. The molecule has 0 saturated heterocycles. The van der Waals surface area contributed by atoms with Crippen LogP contribution in [0.5, 0.6) is 0 Å². The average molecular weight is 447 g/mol. The molecule has 1 atom stereocenters. The van der Waals surface area contributed by atoms with Gasteiger partial charge in [-0.2, -0.15) is 10.1 Å². The number of benzene rings is 2. The first-order valence-corrected chi connectivity index (χ1v) is 10.9. The number of aryl methyl sites for hydroxylation is 1. The Morgan fingerprint density at radius 1 is 1.09 bits per heavy atom. The summed E-state index contributed by atoms with van der Waals surface area (Å²) in [6.45, 7) is 5.03. The largest absolute Gasteiger partial charge is 0.383 e. The Hall–Kier alpha value is -3.72. The van der Waals surface area contributed by atoms with Crippen molar-refractivity contribution in [3.63, 3.8) is 0 Å². The van der Waals surface area contributed by atoms with Crippen LogP contribution >= 0.6 is 0 Å². The number of rotatable bonds is 5. The van der Waals surface area contributed by atoms with Crippen LogP contribution < -0.4 is 16.3 Å². The van der Waals surface area contributed by atoms with Crippen LogP contribution in [0.3, 0.4) is 0 Å². The lowest BCUT2D eigenvalue weighted by Crippen LogP contribution is -2.40. The second-order valence-corrected chi connectivity index (χ2v) is 8.36. The molecule has 0 amide bonds. The Morgan fingerprint density at radius 3 is 2.64 bits per heavy atom. The molecular formula is C24H26N6O3. The average Bonchev–Trinajstić information content (AvgIpc) is 3.23. The monoisotopic (exact) mass is 446 g/mol. The molecule has 0 N–H and O–H groups in total. The fraction of sp³-hybridized carbons (Fsp3) is 0.333. The molecule has 0 saturated carbocycles. The van der Waals surface area contributed by atoms with Crippen LogP contribution in [0.25, 0.3) is 21.9 Å². The Balaban J connectivity index is 1.73. The Kier molecular flexibility index (Phi) is 5.13. The van der Waals surface area contributed by atoms with Crippen molar-refractivity contribution in [2.24, 2.45) is 12.1 Å². The third kappa shape index (κ3) is 3.27. The van der Waals surface area contributed by atoms with E-state index < -0.39 is 5.69 Å². The lowest BCUT2D eigenvalue weighted by atomic mass is 10.0. The van der Waals surface area contributed by atoms with Crippen LogP contribution in [0.15, 0.2) is 57.2 Å². The molecule has 2 aromatic heterocycles. The zero-order chi connectivity index (χ0) is 23.3. The number of hydrogen-bond acceptors (Lipinski definition) is 6. The number of hydrogen-bond donors (Lipinski definition) is 0. The predicted molar refractivity (Wildman–Crippen MR) is 129 cm³/mol. The van der Waals surface area contributed by atoms with Crippen molar-refractivity contribution in [3.05, 3.63) is 68.9 Å². The second kappa shape index (κ2) is 8.00. The van der Waals surface area contributed by atoms with Crippen LogP contribution in [0.1, 0.15) is 25.5 Å². The molecule has 170 valence electrons. The SMILES string of the molecule is COCCN1N=C(C)[C@@H](C)n2c1nc1c2c(=O)n(Cc2cccc3ccccc23)c(=O)n1C. The van der Waals surface area contributed by atoms with Crippen molar-refractivity contribution in [1.29, 1.82) is 0 Å². The quantitative estimate of drug-likeness (QED) is 0.470. The smallest absolute Gasteiger partial charge is 0.332 e. The maximum atomic E-state index is 13.8. The molecule has 0 spiro atoms. The van der Waals surface area contributed by atoms with E-state index in [-0.39, 0.29) is 18.1 Å². The molecule has 0 fully saturated rings. The summed E-state index contributed by atoms with van der Waals surface area (Å²) in [6, 6.07) is 13.7. The van der Waals surface area contributed by atoms with Gasteiger partial charge >= 0.3 is 5.69 Å². The minimum absolute atomic E-state index is 0.167. The van der Waals surface area contributed by atoms with Gasteiger partial charge in [0.25, 0.3) is 5.56 Å². The molecule has 0 radical (unpaired) electrons. The third-order valence-corrected chi connectivity index (χ3v) is 6.37. The van der Waals surface area contributed by atoms with Gasteiger partial charge in [0.1, 0.15) is 0 Å². The minimum Gasteiger partial charge on any atom is -0.383 e. The van der Waals surface area contributed by atoms with E-state index in [1.54, 1.807) is 19.2 Å². The lowest BCUT2D eigenvalue weighted by molar-refractivity contribution is 0.204. The maximum absolute atomic E-state index is 13.8. The molecular weight excluding hydrogens is 420 g/mol. The first kappa shape index (κ1) is 21.1. The number of aromatic nitrogens is 4. The number of imidazole rings is 1. The number of anilines is 1. The molecule has 0 aliphatic carbocycles.